The van der Waals surface area contributed by atoms with Crippen LogP contribution in [0.4, 0.5) is 0 Å². The molecule has 1 aliphatic rings. The Bertz CT molecular complexity index is 2290. The molecule has 1 atom stereocenters. The van der Waals surface area contributed by atoms with Crippen LogP contribution < -0.4 is 11.1 Å². The molecule has 0 fully saturated rings. The fourth-order valence-electron chi connectivity index (χ4n) is 7.40. The van der Waals surface area contributed by atoms with Crippen LogP contribution in [0.2, 0.25) is 0 Å². The van der Waals surface area contributed by atoms with Crippen LogP contribution in [-0.4, -0.2) is 0 Å². The van der Waals surface area contributed by atoms with Gasteiger partial charge in [-0.15, -0.1) is 0 Å². The minimum absolute atomic E-state index is 0.125. The third-order valence-corrected chi connectivity index (χ3v) is 9.93. The second-order valence-electron chi connectivity index (χ2n) is 13.2. The van der Waals surface area contributed by atoms with Crippen LogP contribution in [-0.2, 0) is 11.8 Å². The van der Waals surface area contributed by atoms with Crippen molar-refractivity contribution in [3.63, 3.8) is 0 Å². The second-order valence-corrected chi connectivity index (χ2v) is 13.2. The Hall–Kier alpha value is -5.44. The number of rotatable bonds is 7. The van der Waals surface area contributed by atoms with Crippen molar-refractivity contribution in [3.8, 4) is 22.3 Å². The first-order valence-electron chi connectivity index (χ1n) is 16.5. The summed E-state index contributed by atoms with van der Waals surface area (Å²) in [7, 11) is 0. The van der Waals surface area contributed by atoms with E-state index in [1.165, 1.54) is 66.1 Å². The van der Waals surface area contributed by atoms with E-state index in [4.69, 9.17) is 5.73 Å². The number of fused-ring (bicyclic) bond motifs is 5. The molecule has 1 unspecified atom stereocenters. The summed E-state index contributed by atoms with van der Waals surface area (Å²) < 4.78 is 0. The minimum atomic E-state index is -0.362. The fraction of sp³-hybridized carbons (Fsp3) is 0.111. The van der Waals surface area contributed by atoms with Gasteiger partial charge in [0, 0.05) is 16.7 Å². The Morgan fingerprint density at radius 3 is 2.06 bits per heavy atom. The summed E-state index contributed by atoms with van der Waals surface area (Å²) in [5, 5.41) is 8.81. The third kappa shape index (κ3) is 5.21. The molecule has 47 heavy (non-hydrogen) atoms. The first kappa shape index (κ1) is 29.0. The summed E-state index contributed by atoms with van der Waals surface area (Å²) in [6.45, 7) is 4.70. The first-order chi connectivity index (χ1) is 23.0. The van der Waals surface area contributed by atoms with Crippen molar-refractivity contribution in [1.29, 1.82) is 0 Å². The lowest BCUT2D eigenvalue weighted by Crippen LogP contribution is -2.28. The topological polar surface area (TPSA) is 38.0 Å². The van der Waals surface area contributed by atoms with Crippen molar-refractivity contribution in [2.75, 3.05) is 0 Å². The van der Waals surface area contributed by atoms with Gasteiger partial charge >= 0.3 is 0 Å². The third-order valence-electron chi connectivity index (χ3n) is 9.93. The Labute approximate surface area is 277 Å². The molecule has 0 saturated heterocycles. The van der Waals surface area contributed by atoms with Gasteiger partial charge in [0.2, 0.25) is 0 Å². The number of nitrogens with one attached hydrogen (secondary N) is 1. The molecule has 0 saturated carbocycles. The van der Waals surface area contributed by atoms with E-state index in [9.17, 15) is 0 Å². The maximum atomic E-state index is 6.89. The quantitative estimate of drug-likeness (QED) is 0.177. The van der Waals surface area contributed by atoms with Gasteiger partial charge in [0.1, 0.15) is 6.17 Å². The highest BCUT2D eigenvalue weighted by molar-refractivity contribution is 5.97. The lowest BCUT2D eigenvalue weighted by atomic mass is 9.81. The Morgan fingerprint density at radius 2 is 1.28 bits per heavy atom. The van der Waals surface area contributed by atoms with Crippen LogP contribution in [0.5, 0.6) is 0 Å². The molecule has 1 aliphatic carbocycles. The fourth-order valence-corrected chi connectivity index (χ4v) is 7.40. The Balaban J connectivity index is 1.26. The first-order valence-corrected chi connectivity index (χ1v) is 16.5. The minimum Gasteiger partial charge on any atom is -0.366 e. The average Bonchev–Trinajstić information content (AvgIpc) is 3.34. The van der Waals surface area contributed by atoms with E-state index in [1.807, 2.05) is 18.2 Å². The largest absolute Gasteiger partial charge is 0.366 e. The molecule has 0 aliphatic heterocycles. The molecule has 7 aromatic carbocycles. The van der Waals surface area contributed by atoms with Crippen LogP contribution in [0, 0.1) is 0 Å². The molecule has 0 bridgehead atoms. The lowest BCUT2D eigenvalue weighted by molar-refractivity contribution is 0.659. The van der Waals surface area contributed by atoms with E-state index in [0.29, 0.717) is 0 Å². The van der Waals surface area contributed by atoms with E-state index >= 15 is 0 Å². The smallest absolute Gasteiger partial charge is 0.101 e. The van der Waals surface area contributed by atoms with Crippen LogP contribution in [0.1, 0.15) is 47.8 Å². The van der Waals surface area contributed by atoms with Crippen LogP contribution in [0.25, 0.3) is 49.5 Å². The highest BCUT2D eigenvalue weighted by Crippen LogP contribution is 2.52. The monoisotopic (exact) mass is 606 g/mol. The van der Waals surface area contributed by atoms with Crippen LogP contribution >= 0.6 is 0 Å². The van der Waals surface area contributed by atoms with E-state index in [0.717, 1.165) is 17.7 Å². The van der Waals surface area contributed by atoms with Gasteiger partial charge in [0.15, 0.2) is 0 Å². The van der Waals surface area contributed by atoms with Gasteiger partial charge < -0.3 is 11.1 Å². The summed E-state index contributed by atoms with van der Waals surface area (Å²) in [6.07, 6.45) is 2.73. The standard InChI is InChI=1S/C45H38N2/c1-45(2)40-22-12-21-38(43(40)39-28-34-18-8-9-19-35(34)29-41(39)45)42(47-44(46)32-15-4-3-5-16-32)26-25-31-14-10-11-20-37(31)36-24-23-30-13-6-7-17-33(30)27-36/h3-24,26-29,44,47H,25,46H2,1-2H3/b42-26-. The molecule has 228 valence electrons. The number of allylic oxidation sites excluding steroid dienone is 1. The number of nitrogens with two attached hydrogens (primary N) is 1. The van der Waals surface area contributed by atoms with Gasteiger partial charge in [-0.05, 0) is 90.7 Å². The molecule has 0 amide bonds. The van der Waals surface area contributed by atoms with Crippen LogP contribution in [0.15, 0.2) is 158 Å². The summed E-state index contributed by atoms with van der Waals surface area (Å²) in [5.41, 5.74) is 19.1. The Kier molecular flexibility index (Phi) is 7.24. The molecule has 3 N–H and O–H groups in total. The molecule has 0 heterocycles. The molecule has 0 spiro atoms. The van der Waals surface area contributed by atoms with E-state index in [-0.39, 0.29) is 11.6 Å². The zero-order valence-corrected chi connectivity index (χ0v) is 26.9. The molecule has 0 radical (unpaired) electrons. The SMILES string of the molecule is CC1(C)c2cc3ccccc3cc2-c2c(/C(=C/Cc3ccccc3-c3ccc4ccccc4c3)NC(N)c3ccccc3)cccc21. The summed E-state index contributed by atoms with van der Waals surface area (Å²) >= 11 is 0. The predicted octanol–water partition coefficient (Wildman–Crippen LogP) is 10.8. The summed E-state index contributed by atoms with van der Waals surface area (Å²) in [6, 6.07) is 54.6. The summed E-state index contributed by atoms with van der Waals surface area (Å²) in [5.74, 6) is 0. The maximum absolute atomic E-state index is 6.89. The van der Waals surface area contributed by atoms with Gasteiger partial charge in [-0.25, -0.2) is 0 Å². The van der Waals surface area contributed by atoms with E-state index in [1.54, 1.807) is 0 Å². The van der Waals surface area contributed by atoms with Crippen molar-refractivity contribution in [1.82, 2.24) is 5.32 Å². The van der Waals surface area contributed by atoms with Crippen molar-refractivity contribution < 1.29 is 0 Å². The average molecular weight is 607 g/mol. The van der Waals surface area contributed by atoms with Crippen molar-refractivity contribution >= 4 is 27.2 Å². The highest BCUT2D eigenvalue weighted by atomic mass is 15.0. The highest BCUT2D eigenvalue weighted by Gasteiger charge is 2.37. The van der Waals surface area contributed by atoms with E-state index < -0.39 is 0 Å². The number of benzene rings is 7. The molecular weight excluding hydrogens is 569 g/mol. The number of hydrogen-bond acceptors (Lipinski definition) is 2. The molecule has 2 nitrogen and oxygen atoms in total. The lowest BCUT2D eigenvalue weighted by Gasteiger charge is -2.23. The normalized spacial score (nSPS) is 14.1. The zero-order chi connectivity index (χ0) is 32.0. The van der Waals surface area contributed by atoms with Crippen LogP contribution in [0.3, 0.4) is 0 Å². The molecule has 2 heteroatoms. The molecule has 0 aromatic heterocycles. The van der Waals surface area contributed by atoms with Gasteiger partial charge in [-0.2, -0.15) is 0 Å². The van der Waals surface area contributed by atoms with Crippen molar-refractivity contribution in [3.05, 3.63) is 186 Å². The van der Waals surface area contributed by atoms with E-state index in [2.05, 4.69) is 159 Å². The second kappa shape index (κ2) is 11.7. The van der Waals surface area contributed by atoms with Gasteiger partial charge in [-0.3, -0.25) is 0 Å². The summed E-state index contributed by atoms with van der Waals surface area (Å²) in [4.78, 5) is 0. The zero-order valence-electron chi connectivity index (χ0n) is 26.9. The maximum Gasteiger partial charge on any atom is 0.101 e. The van der Waals surface area contributed by atoms with Crippen molar-refractivity contribution in [2.24, 2.45) is 5.73 Å². The molecular formula is C45H38N2. The molecule has 7 aromatic rings. The van der Waals surface area contributed by atoms with Gasteiger partial charge in [0.05, 0.1) is 0 Å². The predicted molar refractivity (Wildman–Crippen MR) is 199 cm³/mol. The van der Waals surface area contributed by atoms with Gasteiger partial charge in [-0.1, -0.05) is 153 Å². The Morgan fingerprint density at radius 1 is 0.617 bits per heavy atom. The molecule has 8 rings (SSSR count). The van der Waals surface area contributed by atoms with Gasteiger partial charge in [0.25, 0.3) is 0 Å². The van der Waals surface area contributed by atoms with Crippen molar-refractivity contribution in [2.45, 2.75) is 31.8 Å². The number of hydrogen-bond donors (Lipinski definition) is 2.